The summed E-state index contributed by atoms with van der Waals surface area (Å²) in [6.07, 6.45) is 1.67. The molecule has 2 rings (SSSR count). The fraction of sp³-hybridized carbons (Fsp3) is 0.0667. The molecule has 5 heteroatoms. The van der Waals surface area contributed by atoms with Crippen LogP contribution in [0.2, 0.25) is 0 Å². The molecule has 102 valence electrons. The second-order valence-corrected chi connectivity index (χ2v) is 3.99. The highest BCUT2D eigenvalue weighted by Crippen LogP contribution is 2.11. The molecule has 0 atom stereocenters. The summed E-state index contributed by atoms with van der Waals surface area (Å²) in [6.45, 7) is -0.344. The van der Waals surface area contributed by atoms with Crippen molar-refractivity contribution in [2.24, 2.45) is 5.10 Å². The fourth-order valence-electron chi connectivity index (χ4n) is 1.49. The van der Waals surface area contributed by atoms with E-state index in [4.69, 9.17) is 9.84 Å². The number of carbonyl (C=O) groups is 1. The van der Waals surface area contributed by atoms with Gasteiger partial charge in [-0.15, -0.1) is 0 Å². The van der Waals surface area contributed by atoms with E-state index in [9.17, 15) is 4.79 Å². The molecule has 0 saturated heterocycles. The normalized spacial score (nSPS) is 10.4. The number of hydrazone groups is 1. The summed E-state index contributed by atoms with van der Waals surface area (Å²) in [4.78, 5) is 10.4. The van der Waals surface area contributed by atoms with Crippen LogP contribution in [-0.4, -0.2) is 23.9 Å². The molecule has 0 fully saturated rings. The van der Waals surface area contributed by atoms with Crippen LogP contribution in [0.4, 0.5) is 5.69 Å². The van der Waals surface area contributed by atoms with Crippen molar-refractivity contribution in [3.05, 3.63) is 60.2 Å². The molecule has 0 amide bonds. The summed E-state index contributed by atoms with van der Waals surface area (Å²) in [5, 5.41) is 12.6. The van der Waals surface area contributed by atoms with Gasteiger partial charge in [0.1, 0.15) is 5.75 Å². The van der Waals surface area contributed by atoms with Gasteiger partial charge in [-0.05, 0) is 42.0 Å². The van der Waals surface area contributed by atoms with E-state index in [-0.39, 0.29) is 6.61 Å². The predicted octanol–water partition coefficient (Wildman–Crippen LogP) is 2.60. The van der Waals surface area contributed by atoms with Gasteiger partial charge in [0.2, 0.25) is 0 Å². The van der Waals surface area contributed by atoms with Crippen LogP contribution in [0.3, 0.4) is 0 Å². The van der Waals surface area contributed by atoms with Gasteiger partial charge in [-0.1, -0.05) is 18.2 Å². The monoisotopic (exact) mass is 270 g/mol. The lowest BCUT2D eigenvalue weighted by Crippen LogP contribution is -2.09. The number of anilines is 1. The molecule has 2 aromatic carbocycles. The number of para-hydroxylation sites is 1. The van der Waals surface area contributed by atoms with Crippen LogP contribution in [0, 0.1) is 0 Å². The fourth-order valence-corrected chi connectivity index (χ4v) is 1.49. The van der Waals surface area contributed by atoms with Crippen molar-refractivity contribution in [1.29, 1.82) is 0 Å². The molecule has 0 aliphatic heterocycles. The lowest BCUT2D eigenvalue weighted by molar-refractivity contribution is -0.139. The number of ether oxygens (including phenoxy) is 1. The molecule has 0 bridgehead atoms. The molecule has 0 aliphatic carbocycles. The van der Waals surface area contributed by atoms with Crippen LogP contribution in [0.15, 0.2) is 59.7 Å². The highest BCUT2D eigenvalue weighted by Gasteiger charge is 1.98. The smallest absolute Gasteiger partial charge is 0.341 e. The molecule has 20 heavy (non-hydrogen) atoms. The summed E-state index contributed by atoms with van der Waals surface area (Å²) >= 11 is 0. The lowest BCUT2D eigenvalue weighted by Gasteiger charge is -2.03. The Kier molecular flexibility index (Phi) is 4.72. The maximum Gasteiger partial charge on any atom is 0.341 e. The Morgan fingerprint density at radius 2 is 1.85 bits per heavy atom. The number of hydrogen-bond acceptors (Lipinski definition) is 4. The average Bonchev–Trinajstić information content (AvgIpc) is 2.47. The van der Waals surface area contributed by atoms with Gasteiger partial charge >= 0.3 is 5.97 Å². The molecule has 0 saturated carbocycles. The largest absolute Gasteiger partial charge is 0.482 e. The minimum atomic E-state index is -0.997. The molecular formula is C15H14N2O3. The molecule has 0 aliphatic rings. The number of nitrogens with one attached hydrogen (secondary N) is 1. The van der Waals surface area contributed by atoms with Crippen LogP contribution >= 0.6 is 0 Å². The van der Waals surface area contributed by atoms with Crippen molar-refractivity contribution >= 4 is 17.9 Å². The molecule has 0 heterocycles. The quantitative estimate of drug-likeness (QED) is 0.625. The first-order valence-corrected chi connectivity index (χ1v) is 6.03. The molecular weight excluding hydrogens is 256 g/mol. The SMILES string of the molecule is O=C(O)COc1ccc(C=NNc2ccccc2)cc1. The first-order valence-electron chi connectivity index (χ1n) is 6.03. The van der Waals surface area contributed by atoms with Gasteiger partial charge in [0, 0.05) is 0 Å². The van der Waals surface area contributed by atoms with Crippen LogP contribution in [0.25, 0.3) is 0 Å². The second-order valence-electron chi connectivity index (χ2n) is 3.99. The number of benzene rings is 2. The minimum Gasteiger partial charge on any atom is -0.482 e. The standard InChI is InChI=1S/C15H14N2O3/c18-15(19)11-20-14-8-6-12(7-9-14)10-16-17-13-4-2-1-3-5-13/h1-10,17H,11H2,(H,18,19). The van der Waals surface area contributed by atoms with Crippen LogP contribution < -0.4 is 10.2 Å². The van der Waals surface area contributed by atoms with E-state index in [0.29, 0.717) is 5.75 Å². The van der Waals surface area contributed by atoms with Crippen LogP contribution in [0.5, 0.6) is 5.75 Å². The second kappa shape index (κ2) is 6.94. The van der Waals surface area contributed by atoms with E-state index in [0.717, 1.165) is 11.3 Å². The zero-order valence-electron chi connectivity index (χ0n) is 10.7. The van der Waals surface area contributed by atoms with Crippen molar-refractivity contribution in [3.8, 4) is 5.75 Å². The number of nitrogens with zero attached hydrogens (tertiary/aromatic N) is 1. The number of rotatable bonds is 6. The summed E-state index contributed by atoms with van der Waals surface area (Å²) in [5.74, 6) is -0.483. The minimum absolute atomic E-state index is 0.344. The summed E-state index contributed by atoms with van der Waals surface area (Å²) in [7, 11) is 0. The van der Waals surface area contributed by atoms with Crippen LogP contribution in [0.1, 0.15) is 5.56 Å². The Balaban J connectivity index is 1.88. The van der Waals surface area contributed by atoms with E-state index in [2.05, 4.69) is 10.5 Å². The first-order chi connectivity index (χ1) is 9.74. The van der Waals surface area contributed by atoms with Gasteiger partial charge in [-0.25, -0.2) is 4.79 Å². The third kappa shape index (κ3) is 4.45. The summed E-state index contributed by atoms with van der Waals surface area (Å²) < 4.78 is 5.04. The maximum atomic E-state index is 10.4. The Hall–Kier alpha value is -2.82. The first kappa shape index (κ1) is 13.6. The maximum absolute atomic E-state index is 10.4. The Morgan fingerprint density at radius 1 is 1.15 bits per heavy atom. The highest BCUT2D eigenvalue weighted by atomic mass is 16.5. The van der Waals surface area contributed by atoms with E-state index in [1.54, 1.807) is 30.5 Å². The van der Waals surface area contributed by atoms with E-state index < -0.39 is 5.97 Å². The molecule has 2 N–H and O–H groups in total. The van der Waals surface area contributed by atoms with Crippen molar-refractivity contribution < 1.29 is 14.6 Å². The van der Waals surface area contributed by atoms with Gasteiger partial charge in [0.15, 0.2) is 6.61 Å². The Bertz CT molecular complexity index is 580. The third-order valence-corrected chi connectivity index (χ3v) is 2.42. The highest BCUT2D eigenvalue weighted by molar-refractivity contribution is 5.80. The molecule has 2 aromatic rings. The van der Waals surface area contributed by atoms with Crippen molar-refractivity contribution in [1.82, 2.24) is 0 Å². The number of aliphatic carboxylic acids is 1. The number of carboxylic acid groups (broad SMARTS) is 1. The van der Waals surface area contributed by atoms with Gasteiger partial charge in [0.25, 0.3) is 0 Å². The Labute approximate surface area is 116 Å². The van der Waals surface area contributed by atoms with Gasteiger partial charge in [0.05, 0.1) is 11.9 Å². The topological polar surface area (TPSA) is 70.9 Å². The molecule has 0 radical (unpaired) electrons. The molecule has 0 unspecified atom stereocenters. The number of carboxylic acids is 1. The van der Waals surface area contributed by atoms with Crippen molar-refractivity contribution in [2.45, 2.75) is 0 Å². The average molecular weight is 270 g/mol. The van der Waals surface area contributed by atoms with Crippen molar-refractivity contribution in [3.63, 3.8) is 0 Å². The number of hydrogen-bond donors (Lipinski definition) is 2. The predicted molar refractivity (Wildman–Crippen MR) is 77.2 cm³/mol. The molecule has 0 aromatic heterocycles. The van der Waals surface area contributed by atoms with E-state index in [1.807, 2.05) is 30.3 Å². The van der Waals surface area contributed by atoms with Crippen LogP contribution in [-0.2, 0) is 4.79 Å². The van der Waals surface area contributed by atoms with Crippen molar-refractivity contribution in [2.75, 3.05) is 12.0 Å². The van der Waals surface area contributed by atoms with E-state index in [1.165, 1.54) is 0 Å². The summed E-state index contributed by atoms with van der Waals surface area (Å²) in [5.41, 5.74) is 4.70. The van der Waals surface area contributed by atoms with Gasteiger partial charge in [-0.2, -0.15) is 5.10 Å². The van der Waals surface area contributed by atoms with Gasteiger partial charge in [-0.3, -0.25) is 5.43 Å². The zero-order chi connectivity index (χ0) is 14.2. The van der Waals surface area contributed by atoms with E-state index >= 15 is 0 Å². The zero-order valence-corrected chi connectivity index (χ0v) is 10.7. The Morgan fingerprint density at radius 3 is 2.50 bits per heavy atom. The lowest BCUT2D eigenvalue weighted by atomic mass is 10.2. The summed E-state index contributed by atoms with van der Waals surface area (Å²) in [6, 6.07) is 16.6. The molecule has 5 nitrogen and oxygen atoms in total. The van der Waals surface area contributed by atoms with Gasteiger partial charge < -0.3 is 9.84 Å². The molecule has 0 spiro atoms. The third-order valence-electron chi connectivity index (χ3n) is 2.42.